The van der Waals surface area contributed by atoms with E-state index in [0.717, 1.165) is 25.8 Å². The van der Waals surface area contributed by atoms with Crippen molar-refractivity contribution in [2.24, 2.45) is 0 Å². The molecule has 0 spiro atoms. The number of carboxylic acid groups (broad SMARTS) is 1. The number of hydrogen-bond acceptors (Lipinski definition) is 3. The molecular formula is C10H19NO3. The molecule has 1 aliphatic rings. The molecule has 1 rings (SSSR count). The minimum Gasteiger partial charge on any atom is -0.480 e. The van der Waals surface area contributed by atoms with Crippen LogP contribution < -0.4 is 0 Å². The molecule has 82 valence electrons. The van der Waals surface area contributed by atoms with E-state index in [1.165, 1.54) is 0 Å². The van der Waals surface area contributed by atoms with Crippen LogP contribution in [0.2, 0.25) is 0 Å². The maximum atomic E-state index is 11.0. The van der Waals surface area contributed by atoms with E-state index in [4.69, 9.17) is 10.2 Å². The van der Waals surface area contributed by atoms with Gasteiger partial charge in [0.1, 0.15) is 6.04 Å². The van der Waals surface area contributed by atoms with Crippen LogP contribution in [-0.4, -0.2) is 46.3 Å². The maximum absolute atomic E-state index is 11.0. The smallest absolute Gasteiger partial charge is 0.320 e. The number of aliphatic hydroxyl groups is 1. The fraction of sp³-hybridized carbons (Fsp3) is 0.900. The van der Waals surface area contributed by atoms with Gasteiger partial charge in [0.05, 0.1) is 6.61 Å². The van der Waals surface area contributed by atoms with Crippen LogP contribution >= 0.6 is 0 Å². The normalized spacial score (nSPS) is 25.1. The monoisotopic (exact) mass is 201 g/mol. The average molecular weight is 201 g/mol. The predicted octanol–water partition coefficient (Wildman–Crippen LogP) is 0.696. The molecule has 1 aliphatic heterocycles. The first-order valence-corrected chi connectivity index (χ1v) is 5.30. The van der Waals surface area contributed by atoms with E-state index < -0.39 is 12.0 Å². The summed E-state index contributed by atoms with van der Waals surface area (Å²) >= 11 is 0. The Labute approximate surface area is 84.5 Å². The van der Waals surface area contributed by atoms with Crippen molar-refractivity contribution in [1.29, 1.82) is 0 Å². The molecule has 0 aliphatic carbocycles. The zero-order valence-electron chi connectivity index (χ0n) is 8.65. The molecule has 4 nitrogen and oxygen atoms in total. The largest absolute Gasteiger partial charge is 0.480 e. The van der Waals surface area contributed by atoms with Crippen LogP contribution in [-0.2, 0) is 4.79 Å². The highest BCUT2D eigenvalue weighted by Gasteiger charge is 2.33. The maximum Gasteiger partial charge on any atom is 0.320 e. The molecule has 0 aromatic carbocycles. The summed E-state index contributed by atoms with van der Waals surface area (Å²) in [5, 5.41) is 18.2. The average Bonchev–Trinajstić information content (AvgIpc) is 2.61. The molecule has 2 atom stereocenters. The molecule has 1 unspecified atom stereocenters. The van der Waals surface area contributed by atoms with Crippen LogP contribution in [0.25, 0.3) is 0 Å². The van der Waals surface area contributed by atoms with Crippen molar-refractivity contribution in [3.05, 3.63) is 0 Å². The number of carboxylic acids is 1. The van der Waals surface area contributed by atoms with Gasteiger partial charge in [-0.05, 0) is 25.8 Å². The van der Waals surface area contributed by atoms with Crippen molar-refractivity contribution in [3.63, 3.8) is 0 Å². The number of aliphatic hydroxyl groups excluding tert-OH is 1. The number of carbonyl (C=O) groups is 1. The third kappa shape index (κ3) is 2.45. The molecule has 1 saturated heterocycles. The predicted molar refractivity (Wildman–Crippen MR) is 53.1 cm³/mol. The Morgan fingerprint density at radius 3 is 2.86 bits per heavy atom. The van der Waals surface area contributed by atoms with Crippen LogP contribution in [0.15, 0.2) is 0 Å². The van der Waals surface area contributed by atoms with Gasteiger partial charge in [0.2, 0.25) is 0 Å². The first kappa shape index (κ1) is 11.5. The van der Waals surface area contributed by atoms with E-state index in [1.54, 1.807) is 0 Å². The summed E-state index contributed by atoms with van der Waals surface area (Å²) in [6.45, 7) is 2.87. The second-order valence-electron chi connectivity index (χ2n) is 3.86. The molecule has 0 saturated carbocycles. The van der Waals surface area contributed by atoms with Crippen molar-refractivity contribution < 1.29 is 15.0 Å². The van der Waals surface area contributed by atoms with Gasteiger partial charge in [-0.15, -0.1) is 0 Å². The van der Waals surface area contributed by atoms with Crippen molar-refractivity contribution in [3.8, 4) is 0 Å². The van der Waals surface area contributed by atoms with Gasteiger partial charge < -0.3 is 10.2 Å². The molecule has 0 radical (unpaired) electrons. The van der Waals surface area contributed by atoms with Gasteiger partial charge in [-0.25, -0.2) is 0 Å². The van der Waals surface area contributed by atoms with Gasteiger partial charge >= 0.3 is 5.97 Å². The Bertz CT molecular complexity index is 196. The van der Waals surface area contributed by atoms with E-state index >= 15 is 0 Å². The third-order valence-electron chi connectivity index (χ3n) is 2.88. The standard InChI is InChI=1S/C10H19NO3/c1-2-4-9(10(13)14)11-6-3-5-8(11)7-12/h8-9,12H,2-7H2,1H3,(H,13,14)/t8-,9?/m1/s1. The second-order valence-corrected chi connectivity index (χ2v) is 3.86. The number of aliphatic carboxylic acids is 1. The van der Waals surface area contributed by atoms with Crippen LogP contribution in [0.1, 0.15) is 32.6 Å². The second kappa shape index (κ2) is 5.32. The third-order valence-corrected chi connectivity index (χ3v) is 2.88. The molecule has 0 bridgehead atoms. The highest BCUT2D eigenvalue weighted by atomic mass is 16.4. The van der Waals surface area contributed by atoms with Gasteiger partial charge in [-0.1, -0.05) is 13.3 Å². The van der Waals surface area contributed by atoms with Crippen molar-refractivity contribution in [1.82, 2.24) is 4.90 Å². The Kier molecular flexibility index (Phi) is 4.35. The van der Waals surface area contributed by atoms with Crippen LogP contribution in [0.4, 0.5) is 0 Å². The molecular weight excluding hydrogens is 182 g/mol. The number of likely N-dealkylation sites (tertiary alicyclic amines) is 1. The number of hydrogen-bond donors (Lipinski definition) is 2. The van der Waals surface area contributed by atoms with E-state index in [1.807, 2.05) is 11.8 Å². The van der Waals surface area contributed by atoms with Crippen LogP contribution in [0.3, 0.4) is 0 Å². The van der Waals surface area contributed by atoms with Crippen LogP contribution in [0, 0.1) is 0 Å². The lowest BCUT2D eigenvalue weighted by Gasteiger charge is -2.28. The Hall–Kier alpha value is -0.610. The topological polar surface area (TPSA) is 60.8 Å². The van der Waals surface area contributed by atoms with E-state index in [9.17, 15) is 4.79 Å². The van der Waals surface area contributed by atoms with Gasteiger partial charge in [0.15, 0.2) is 0 Å². The fourth-order valence-electron chi connectivity index (χ4n) is 2.17. The molecule has 1 fully saturated rings. The van der Waals surface area contributed by atoms with Crippen molar-refractivity contribution in [2.75, 3.05) is 13.2 Å². The van der Waals surface area contributed by atoms with Crippen molar-refractivity contribution in [2.45, 2.75) is 44.7 Å². The van der Waals surface area contributed by atoms with Gasteiger partial charge in [0.25, 0.3) is 0 Å². The molecule has 0 amide bonds. The first-order chi connectivity index (χ1) is 6.70. The van der Waals surface area contributed by atoms with E-state index in [-0.39, 0.29) is 12.6 Å². The minimum absolute atomic E-state index is 0.0580. The Balaban J connectivity index is 2.61. The summed E-state index contributed by atoms with van der Waals surface area (Å²) in [4.78, 5) is 13.0. The van der Waals surface area contributed by atoms with Crippen molar-refractivity contribution >= 4 is 5.97 Å². The fourth-order valence-corrected chi connectivity index (χ4v) is 2.17. The molecule has 0 aromatic heterocycles. The lowest BCUT2D eigenvalue weighted by Crippen LogP contribution is -2.45. The van der Waals surface area contributed by atoms with Crippen LogP contribution in [0.5, 0.6) is 0 Å². The lowest BCUT2D eigenvalue weighted by molar-refractivity contribution is -0.144. The zero-order valence-corrected chi connectivity index (χ0v) is 8.65. The summed E-state index contributed by atoms with van der Waals surface area (Å²) < 4.78 is 0. The highest BCUT2D eigenvalue weighted by molar-refractivity contribution is 5.73. The summed E-state index contributed by atoms with van der Waals surface area (Å²) in [6.07, 6.45) is 3.46. The van der Waals surface area contributed by atoms with E-state index in [2.05, 4.69) is 0 Å². The van der Waals surface area contributed by atoms with Gasteiger partial charge in [0, 0.05) is 6.04 Å². The summed E-state index contributed by atoms with van der Waals surface area (Å²) in [5.41, 5.74) is 0. The zero-order chi connectivity index (χ0) is 10.6. The number of rotatable bonds is 5. The van der Waals surface area contributed by atoms with Gasteiger partial charge in [-0.3, -0.25) is 9.69 Å². The summed E-state index contributed by atoms with van der Waals surface area (Å²) in [7, 11) is 0. The van der Waals surface area contributed by atoms with Gasteiger partial charge in [-0.2, -0.15) is 0 Å². The highest BCUT2D eigenvalue weighted by Crippen LogP contribution is 2.22. The first-order valence-electron chi connectivity index (χ1n) is 5.30. The molecule has 1 heterocycles. The molecule has 0 aromatic rings. The molecule has 4 heteroatoms. The Morgan fingerprint density at radius 1 is 1.64 bits per heavy atom. The molecule has 14 heavy (non-hydrogen) atoms. The summed E-state index contributed by atoms with van der Waals surface area (Å²) in [5.74, 6) is -0.757. The Morgan fingerprint density at radius 2 is 2.36 bits per heavy atom. The molecule has 2 N–H and O–H groups in total. The summed E-state index contributed by atoms with van der Waals surface area (Å²) in [6, 6.07) is -0.345. The lowest BCUT2D eigenvalue weighted by atomic mass is 10.1. The SMILES string of the molecule is CCCC(C(=O)O)N1CCC[C@@H]1CO. The van der Waals surface area contributed by atoms with E-state index in [0.29, 0.717) is 6.42 Å². The quantitative estimate of drug-likeness (QED) is 0.687. The minimum atomic E-state index is -0.757. The number of nitrogens with zero attached hydrogens (tertiary/aromatic N) is 1.